The Balaban J connectivity index is 2.05. The molecule has 0 aliphatic carbocycles. The summed E-state index contributed by atoms with van der Waals surface area (Å²) in [6, 6.07) is 5.47. The van der Waals surface area contributed by atoms with Crippen molar-refractivity contribution in [2.75, 3.05) is 20.0 Å². The number of aromatic amines is 1. The molecule has 22 heavy (non-hydrogen) atoms. The standard InChI is InChI=1S/C16H14N4O2/c1-21-12-5-10(6-13(7-12)22-2)3-4-11-8-18-16-14(11)15(17)19-9-20-16/h5-9H,1-2H3,(H3,17,18,19,20). The van der Waals surface area contributed by atoms with Crippen LogP contribution in [0.5, 0.6) is 11.5 Å². The fourth-order valence-electron chi connectivity index (χ4n) is 2.10. The van der Waals surface area contributed by atoms with Gasteiger partial charge in [0.15, 0.2) is 0 Å². The second-order valence-corrected chi connectivity index (χ2v) is 4.54. The molecule has 0 spiro atoms. The van der Waals surface area contributed by atoms with Gasteiger partial charge in [-0.05, 0) is 12.1 Å². The first-order chi connectivity index (χ1) is 10.7. The predicted octanol–water partition coefficient (Wildman–Crippen LogP) is 1.96. The van der Waals surface area contributed by atoms with E-state index in [4.69, 9.17) is 15.2 Å². The molecule has 0 amide bonds. The van der Waals surface area contributed by atoms with E-state index in [1.807, 2.05) is 12.1 Å². The van der Waals surface area contributed by atoms with Crippen LogP contribution in [0.2, 0.25) is 0 Å². The Labute approximate surface area is 127 Å². The fraction of sp³-hybridized carbons (Fsp3) is 0.125. The Morgan fingerprint density at radius 3 is 2.45 bits per heavy atom. The number of fused-ring (bicyclic) bond motifs is 1. The molecule has 0 radical (unpaired) electrons. The number of nitrogen functional groups attached to an aromatic ring is 1. The Bertz CT molecular complexity index is 868. The SMILES string of the molecule is COc1cc(C#Cc2c[nH]c3ncnc(N)c23)cc(OC)c1. The number of hydrogen-bond acceptors (Lipinski definition) is 5. The zero-order chi connectivity index (χ0) is 15.5. The van der Waals surface area contributed by atoms with Crippen molar-refractivity contribution in [1.29, 1.82) is 0 Å². The highest BCUT2D eigenvalue weighted by Crippen LogP contribution is 2.23. The Kier molecular flexibility index (Phi) is 3.54. The molecule has 1 aromatic carbocycles. The van der Waals surface area contributed by atoms with Crippen LogP contribution in [0.4, 0.5) is 5.82 Å². The second kappa shape index (κ2) is 5.66. The molecule has 3 N–H and O–H groups in total. The van der Waals surface area contributed by atoms with Gasteiger partial charge >= 0.3 is 0 Å². The topological polar surface area (TPSA) is 86.0 Å². The summed E-state index contributed by atoms with van der Waals surface area (Å²) >= 11 is 0. The number of hydrogen-bond donors (Lipinski definition) is 2. The molecule has 3 aromatic rings. The van der Waals surface area contributed by atoms with Crippen LogP contribution >= 0.6 is 0 Å². The zero-order valence-electron chi connectivity index (χ0n) is 12.2. The molecule has 3 rings (SSSR count). The number of methoxy groups -OCH3 is 2. The maximum atomic E-state index is 5.88. The average molecular weight is 294 g/mol. The summed E-state index contributed by atoms with van der Waals surface area (Å²) in [5, 5.41) is 0.727. The van der Waals surface area contributed by atoms with Crippen LogP contribution in [-0.2, 0) is 0 Å². The Hall–Kier alpha value is -3.20. The fourth-order valence-corrected chi connectivity index (χ4v) is 2.10. The highest BCUT2D eigenvalue weighted by atomic mass is 16.5. The normalized spacial score (nSPS) is 10.1. The van der Waals surface area contributed by atoms with E-state index in [1.54, 1.807) is 26.5 Å². The number of anilines is 1. The Morgan fingerprint density at radius 1 is 1.05 bits per heavy atom. The lowest BCUT2D eigenvalue weighted by molar-refractivity contribution is 0.394. The molecular formula is C16H14N4O2. The van der Waals surface area contributed by atoms with E-state index in [2.05, 4.69) is 26.8 Å². The molecule has 0 aliphatic rings. The molecule has 0 aliphatic heterocycles. The molecule has 2 aromatic heterocycles. The van der Waals surface area contributed by atoms with Crippen molar-refractivity contribution in [3.8, 4) is 23.3 Å². The van der Waals surface area contributed by atoms with Crippen LogP contribution in [0.25, 0.3) is 11.0 Å². The van der Waals surface area contributed by atoms with Crippen molar-refractivity contribution >= 4 is 16.9 Å². The van der Waals surface area contributed by atoms with Crippen molar-refractivity contribution in [1.82, 2.24) is 15.0 Å². The van der Waals surface area contributed by atoms with Gasteiger partial charge < -0.3 is 20.2 Å². The zero-order valence-corrected chi connectivity index (χ0v) is 12.2. The summed E-state index contributed by atoms with van der Waals surface area (Å²) in [4.78, 5) is 11.1. The molecule has 6 nitrogen and oxygen atoms in total. The predicted molar refractivity (Wildman–Crippen MR) is 83.8 cm³/mol. The van der Waals surface area contributed by atoms with E-state index < -0.39 is 0 Å². The number of benzene rings is 1. The van der Waals surface area contributed by atoms with Gasteiger partial charge in [0.25, 0.3) is 0 Å². The molecule has 0 fully saturated rings. The first kappa shape index (κ1) is 13.8. The summed E-state index contributed by atoms with van der Waals surface area (Å²) in [5.41, 5.74) is 8.07. The smallest absolute Gasteiger partial charge is 0.144 e. The van der Waals surface area contributed by atoms with Gasteiger partial charge in [-0.1, -0.05) is 11.8 Å². The lowest BCUT2D eigenvalue weighted by atomic mass is 10.1. The number of aromatic nitrogens is 3. The monoisotopic (exact) mass is 294 g/mol. The molecule has 0 saturated heterocycles. The van der Waals surface area contributed by atoms with E-state index >= 15 is 0 Å². The molecule has 0 atom stereocenters. The summed E-state index contributed by atoms with van der Waals surface area (Å²) in [6.07, 6.45) is 3.18. The van der Waals surface area contributed by atoms with Crippen LogP contribution < -0.4 is 15.2 Å². The van der Waals surface area contributed by atoms with E-state index in [0.29, 0.717) is 23.0 Å². The van der Waals surface area contributed by atoms with Gasteiger partial charge in [-0.25, -0.2) is 9.97 Å². The number of nitrogens with zero attached hydrogens (tertiary/aromatic N) is 2. The van der Waals surface area contributed by atoms with Crippen molar-refractivity contribution < 1.29 is 9.47 Å². The molecule has 2 heterocycles. The minimum absolute atomic E-state index is 0.402. The van der Waals surface area contributed by atoms with Gasteiger partial charge in [0.2, 0.25) is 0 Å². The summed E-state index contributed by atoms with van der Waals surface area (Å²) < 4.78 is 10.5. The lowest BCUT2D eigenvalue weighted by Crippen LogP contribution is -1.92. The largest absolute Gasteiger partial charge is 0.497 e. The maximum absolute atomic E-state index is 5.88. The van der Waals surface area contributed by atoms with E-state index in [0.717, 1.165) is 16.5 Å². The van der Waals surface area contributed by atoms with Crippen LogP contribution in [0, 0.1) is 11.8 Å². The lowest BCUT2D eigenvalue weighted by Gasteiger charge is -2.04. The summed E-state index contributed by atoms with van der Waals surface area (Å²) in [6.45, 7) is 0. The molecular weight excluding hydrogens is 280 g/mol. The first-order valence-corrected chi connectivity index (χ1v) is 6.54. The maximum Gasteiger partial charge on any atom is 0.144 e. The minimum atomic E-state index is 0.402. The van der Waals surface area contributed by atoms with Crippen LogP contribution in [0.1, 0.15) is 11.1 Å². The molecule has 0 saturated carbocycles. The van der Waals surface area contributed by atoms with Crippen LogP contribution in [0.3, 0.4) is 0 Å². The van der Waals surface area contributed by atoms with Crippen LogP contribution in [-0.4, -0.2) is 29.2 Å². The highest BCUT2D eigenvalue weighted by Gasteiger charge is 2.06. The summed E-state index contributed by atoms with van der Waals surface area (Å²) in [7, 11) is 3.20. The van der Waals surface area contributed by atoms with Gasteiger partial charge in [0, 0.05) is 17.8 Å². The Morgan fingerprint density at radius 2 is 1.77 bits per heavy atom. The van der Waals surface area contributed by atoms with Gasteiger partial charge in [0.05, 0.1) is 25.2 Å². The van der Waals surface area contributed by atoms with Gasteiger partial charge in [-0.3, -0.25) is 0 Å². The number of rotatable bonds is 2. The minimum Gasteiger partial charge on any atom is -0.497 e. The van der Waals surface area contributed by atoms with Crippen LogP contribution in [0.15, 0.2) is 30.7 Å². The third-order valence-electron chi connectivity index (χ3n) is 3.19. The third kappa shape index (κ3) is 2.52. The third-order valence-corrected chi connectivity index (χ3v) is 3.19. The number of nitrogens with one attached hydrogen (secondary N) is 1. The second-order valence-electron chi connectivity index (χ2n) is 4.54. The number of ether oxygens (including phenoxy) is 2. The molecule has 6 heteroatoms. The van der Waals surface area contributed by atoms with Gasteiger partial charge in [-0.15, -0.1) is 0 Å². The highest BCUT2D eigenvalue weighted by molar-refractivity contribution is 5.91. The quantitative estimate of drug-likeness (QED) is 0.706. The van der Waals surface area contributed by atoms with Gasteiger partial charge in [-0.2, -0.15) is 0 Å². The number of H-pyrrole nitrogens is 1. The van der Waals surface area contributed by atoms with E-state index in [9.17, 15) is 0 Å². The average Bonchev–Trinajstić information content (AvgIpc) is 2.97. The van der Waals surface area contributed by atoms with E-state index in [1.165, 1.54) is 6.33 Å². The molecule has 110 valence electrons. The first-order valence-electron chi connectivity index (χ1n) is 6.54. The summed E-state index contributed by atoms with van der Waals surface area (Å²) in [5.74, 6) is 7.92. The van der Waals surface area contributed by atoms with Crippen molar-refractivity contribution in [3.05, 3.63) is 41.9 Å². The molecule has 0 bridgehead atoms. The number of nitrogens with two attached hydrogens (primary N) is 1. The van der Waals surface area contributed by atoms with Crippen molar-refractivity contribution in [2.24, 2.45) is 0 Å². The van der Waals surface area contributed by atoms with Crippen molar-refractivity contribution in [3.63, 3.8) is 0 Å². The van der Waals surface area contributed by atoms with Crippen molar-refractivity contribution in [2.45, 2.75) is 0 Å². The van der Waals surface area contributed by atoms with E-state index in [-0.39, 0.29) is 0 Å². The molecule has 0 unspecified atom stereocenters. The van der Waals surface area contributed by atoms with Gasteiger partial charge in [0.1, 0.15) is 29.3 Å².